The Morgan fingerprint density at radius 2 is 2.05 bits per heavy atom. The molecular weight excluding hydrogens is 262 g/mol. The maximum Gasteiger partial charge on any atom is 0.251 e. The van der Waals surface area contributed by atoms with E-state index < -0.39 is 0 Å². The molecule has 0 saturated heterocycles. The van der Waals surface area contributed by atoms with Gasteiger partial charge in [-0.15, -0.1) is 4.91 Å². The van der Waals surface area contributed by atoms with E-state index in [9.17, 15) is 9.70 Å². The van der Waals surface area contributed by atoms with Gasteiger partial charge < -0.3 is 15.8 Å². The molecule has 0 saturated carbocycles. The number of aromatic nitrogens is 2. The minimum absolute atomic E-state index is 0.0827. The highest BCUT2D eigenvalue weighted by Crippen LogP contribution is 2.33. The molecule has 1 amide bonds. The number of ether oxygens (including phenoxy) is 1. The Morgan fingerprint density at radius 1 is 1.30 bits per heavy atom. The van der Waals surface area contributed by atoms with Crippen molar-refractivity contribution in [2.24, 2.45) is 5.18 Å². The molecule has 1 heterocycles. The van der Waals surface area contributed by atoms with Crippen molar-refractivity contribution in [3.8, 4) is 5.88 Å². The van der Waals surface area contributed by atoms with E-state index in [-0.39, 0.29) is 29.9 Å². The summed E-state index contributed by atoms with van der Waals surface area (Å²) in [5.41, 5.74) is 6.16. The molecule has 102 valence electrons. The second-order valence-corrected chi connectivity index (χ2v) is 3.71. The number of carbonyl (C=O) groups excluding carboxylic acids is 1. The van der Waals surface area contributed by atoms with E-state index in [1.54, 1.807) is 0 Å². The van der Waals surface area contributed by atoms with Crippen molar-refractivity contribution < 1.29 is 9.53 Å². The summed E-state index contributed by atoms with van der Waals surface area (Å²) in [6.45, 7) is 0.181. The standard InChI is InChI=1S/C12H11N5O3/c13-12-15-10(14-7-18)9(17-19)11(16-12)20-6-8-4-2-1-3-5-8/h1-5,7H,6H2,(H3,13,14,15,16,18). The van der Waals surface area contributed by atoms with Gasteiger partial charge in [-0.25, -0.2) is 0 Å². The number of rotatable bonds is 6. The van der Waals surface area contributed by atoms with Gasteiger partial charge in [-0.2, -0.15) is 9.97 Å². The molecule has 1 aromatic heterocycles. The van der Waals surface area contributed by atoms with Gasteiger partial charge in [0.1, 0.15) is 6.61 Å². The Bertz CT molecular complexity index is 618. The average Bonchev–Trinajstić information content (AvgIpc) is 2.46. The molecule has 0 unspecified atom stereocenters. The van der Waals surface area contributed by atoms with Crippen LogP contribution in [-0.2, 0) is 11.4 Å². The van der Waals surface area contributed by atoms with E-state index in [2.05, 4.69) is 20.5 Å². The predicted octanol–water partition coefficient (Wildman–Crippen LogP) is 1.60. The van der Waals surface area contributed by atoms with E-state index in [4.69, 9.17) is 10.5 Å². The highest BCUT2D eigenvalue weighted by Gasteiger charge is 2.15. The first-order valence-electron chi connectivity index (χ1n) is 5.62. The lowest BCUT2D eigenvalue weighted by molar-refractivity contribution is -0.105. The fourth-order valence-electron chi connectivity index (χ4n) is 1.52. The molecule has 8 heteroatoms. The number of benzene rings is 1. The van der Waals surface area contributed by atoms with Crippen molar-refractivity contribution in [2.75, 3.05) is 11.1 Å². The summed E-state index contributed by atoms with van der Waals surface area (Å²) in [5.74, 6) is -0.309. The number of nitroso groups, excluding NO2 is 1. The molecule has 8 nitrogen and oxygen atoms in total. The molecule has 0 fully saturated rings. The number of hydrogen-bond donors (Lipinski definition) is 2. The normalized spacial score (nSPS) is 9.80. The number of nitrogens with zero attached hydrogens (tertiary/aromatic N) is 3. The minimum atomic E-state index is -0.206. The van der Waals surface area contributed by atoms with E-state index in [1.807, 2.05) is 30.3 Å². The van der Waals surface area contributed by atoms with Crippen molar-refractivity contribution in [3.05, 3.63) is 40.8 Å². The quantitative estimate of drug-likeness (QED) is 0.609. The van der Waals surface area contributed by atoms with E-state index in [0.29, 0.717) is 6.41 Å². The van der Waals surface area contributed by atoms with E-state index in [1.165, 1.54) is 0 Å². The van der Waals surface area contributed by atoms with Gasteiger partial charge in [0.2, 0.25) is 18.0 Å². The fraction of sp³-hybridized carbons (Fsp3) is 0.0833. The lowest BCUT2D eigenvalue weighted by Crippen LogP contribution is -2.06. The molecule has 2 rings (SSSR count). The van der Waals surface area contributed by atoms with Crippen molar-refractivity contribution >= 4 is 23.9 Å². The molecule has 0 aliphatic rings. The molecule has 0 aliphatic carbocycles. The Labute approximate surface area is 114 Å². The summed E-state index contributed by atoms with van der Waals surface area (Å²) in [6, 6.07) is 9.28. The van der Waals surface area contributed by atoms with Crippen molar-refractivity contribution in [1.29, 1.82) is 0 Å². The van der Waals surface area contributed by atoms with Gasteiger partial charge in [0.15, 0.2) is 5.82 Å². The van der Waals surface area contributed by atoms with Gasteiger partial charge in [0.25, 0.3) is 5.88 Å². The highest BCUT2D eigenvalue weighted by atomic mass is 16.5. The average molecular weight is 273 g/mol. The molecule has 2 aromatic rings. The summed E-state index contributed by atoms with van der Waals surface area (Å²) in [6.07, 6.45) is 0.359. The van der Waals surface area contributed by atoms with Crippen LogP contribution < -0.4 is 15.8 Å². The molecule has 0 spiro atoms. The van der Waals surface area contributed by atoms with Crippen LogP contribution in [-0.4, -0.2) is 16.4 Å². The van der Waals surface area contributed by atoms with Crippen molar-refractivity contribution in [3.63, 3.8) is 0 Å². The largest absolute Gasteiger partial charge is 0.471 e. The number of hydrogen-bond acceptors (Lipinski definition) is 7. The number of amides is 1. The maximum atomic E-state index is 10.8. The zero-order valence-corrected chi connectivity index (χ0v) is 10.3. The van der Waals surface area contributed by atoms with Crippen LogP contribution in [0, 0.1) is 4.91 Å². The SMILES string of the molecule is Nc1nc(NC=O)c(N=O)c(OCc2ccccc2)n1. The molecule has 0 bridgehead atoms. The summed E-state index contributed by atoms with van der Waals surface area (Å²) in [5, 5.41) is 4.99. The van der Waals surface area contributed by atoms with Crippen LogP contribution in [0.4, 0.5) is 17.5 Å². The topological polar surface area (TPSA) is 120 Å². The molecule has 1 aromatic carbocycles. The predicted molar refractivity (Wildman–Crippen MR) is 72.4 cm³/mol. The number of nitrogens with one attached hydrogen (secondary N) is 1. The van der Waals surface area contributed by atoms with Crippen LogP contribution in [0.5, 0.6) is 5.88 Å². The third-order valence-corrected chi connectivity index (χ3v) is 2.37. The van der Waals surface area contributed by atoms with Crippen LogP contribution in [0.3, 0.4) is 0 Å². The van der Waals surface area contributed by atoms with Gasteiger partial charge in [0, 0.05) is 0 Å². The van der Waals surface area contributed by atoms with Crippen LogP contribution in [0.2, 0.25) is 0 Å². The molecule has 3 N–H and O–H groups in total. The number of anilines is 2. The first kappa shape index (κ1) is 13.4. The summed E-state index contributed by atoms with van der Waals surface area (Å²) in [4.78, 5) is 28.8. The Hall–Kier alpha value is -3.03. The fourth-order valence-corrected chi connectivity index (χ4v) is 1.52. The Kier molecular flexibility index (Phi) is 4.17. The van der Waals surface area contributed by atoms with Crippen LogP contribution in [0.25, 0.3) is 0 Å². The lowest BCUT2D eigenvalue weighted by atomic mass is 10.2. The smallest absolute Gasteiger partial charge is 0.251 e. The van der Waals surface area contributed by atoms with Crippen LogP contribution in [0.15, 0.2) is 35.5 Å². The summed E-state index contributed by atoms with van der Waals surface area (Å²) < 4.78 is 5.40. The maximum absolute atomic E-state index is 10.8. The van der Waals surface area contributed by atoms with Crippen molar-refractivity contribution in [1.82, 2.24) is 9.97 Å². The van der Waals surface area contributed by atoms with Gasteiger partial charge >= 0.3 is 0 Å². The van der Waals surface area contributed by atoms with E-state index in [0.717, 1.165) is 5.56 Å². The molecule has 20 heavy (non-hydrogen) atoms. The number of carbonyl (C=O) groups is 1. The number of nitrogens with two attached hydrogens (primary N) is 1. The molecular formula is C12H11N5O3. The second kappa shape index (κ2) is 6.23. The zero-order chi connectivity index (χ0) is 14.4. The summed E-state index contributed by atoms with van der Waals surface area (Å²) >= 11 is 0. The summed E-state index contributed by atoms with van der Waals surface area (Å²) in [7, 11) is 0. The Morgan fingerprint density at radius 3 is 2.70 bits per heavy atom. The molecule has 0 atom stereocenters. The lowest BCUT2D eigenvalue weighted by Gasteiger charge is -2.09. The Balaban J connectivity index is 2.26. The van der Waals surface area contributed by atoms with Gasteiger partial charge in [-0.3, -0.25) is 4.79 Å². The van der Waals surface area contributed by atoms with Crippen LogP contribution >= 0.6 is 0 Å². The third-order valence-electron chi connectivity index (χ3n) is 2.37. The van der Waals surface area contributed by atoms with Crippen LogP contribution in [0.1, 0.15) is 5.56 Å². The van der Waals surface area contributed by atoms with Gasteiger partial charge in [-0.1, -0.05) is 30.3 Å². The van der Waals surface area contributed by atoms with Gasteiger partial charge in [-0.05, 0) is 10.7 Å². The van der Waals surface area contributed by atoms with Crippen molar-refractivity contribution in [2.45, 2.75) is 6.61 Å². The third kappa shape index (κ3) is 3.05. The first-order chi connectivity index (χ1) is 9.74. The minimum Gasteiger partial charge on any atom is -0.471 e. The zero-order valence-electron chi connectivity index (χ0n) is 10.3. The first-order valence-corrected chi connectivity index (χ1v) is 5.62. The monoisotopic (exact) mass is 273 g/mol. The van der Waals surface area contributed by atoms with E-state index >= 15 is 0 Å². The molecule has 0 radical (unpaired) electrons. The number of nitrogen functional groups attached to an aromatic ring is 1. The molecule has 0 aliphatic heterocycles. The second-order valence-electron chi connectivity index (χ2n) is 3.71. The van der Waals surface area contributed by atoms with Gasteiger partial charge in [0.05, 0.1) is 0 Å². The highest BCUT2D eigenvalue weighted by molar-refractivity contribution is 5.79.